The van der Waals surface area contributed by atoms with Crippen LogP contribution in [0.25, 0.3) is 6.08 Å². The van der Waals surface area contributed by atoms with Gasteiger partial charge in [0.2, 0.25) is 0 Å². The Morgan fingerprint density at radius 3 is 2.17 bits per heavy atom. The van der Waals surface area contributed by atoms with Crippen LogP contribution in [-0.2, 0) is 28.6 Å². The maximum absolute atomic E-state index is 12.8. The van der Waals surface area contributed by atoms with Crippen LogP contribution in [-0.4, -0.2) is 58.6 Å². The van der Waals surface area contributed by atoms with Gasteiger partial charge in [-0.25, -0.2) is 4.79 Å². The molecule has 0 spiro atoms. The van der Waals surface area contributed by atoms with Gasteiger partial charge in [-0.3, -0.25) is 9.59 Å². The standard InChI is InChI=1S/C33H42O8/c1-18-24-15-23-16-25(39-20(3)34)19(2)29(32(23,5)6)30(40-21(4)35)31(38)33(24,7)27(36)17-26(18)41-28(37)14-13-22-11-9-8-10-12-22/h8-14,23-27,30-31,36,38H,1,15-17H2,2-7H3/b14-13+/t23-,24-,25+,26+,27+,30-,31+,33+/m1/s1. The molecule has 2 saturated carbocycles. The summed E-state index contributed by atoms with van der Waals surface area (Å²) in [7, 11) is 0. The quantitative estimate of drug-likeness (QED) is 0.231. The average molecular weight is 567 g/mol. The van der Waals surface area contributed by atoms with E-state index < -0.39 is 65.2 Å². The lowest BCUT2D eigenvalue weighted by molar-refractivity contribution is -0.189. The molecule has 2 fully saturated rings. The molecule has 0 aromatic heterocycles. The molecule has 0 amide bonds. The van der Waals surface area contributed by atoms with Crippen LogP contribution in [0.5, 0.6) is 0 Å². The SMILES string of the molecule is C=C1[C@@H](OC(=O)/C=C/c2ccccc2)C[C@H](O)[C@]2(C)[C@@H]1C[C@@H]1C[C@H](OC(C)=O)C(C)=C([C@@H](OC(C)=O)[C@@H]2O)C1(C)C. The Morgan fingerprint density at radius 1 is 0.927 bits per heavy atom. The number of fused-ring (bicyclic) bond motifs is 3. The molecular weight excluding hydrogens is 524 g/mol. The number of carbonyl (C=O) groups excluding carboxylic acids is 3. The van der Waals surface area contributed by atoms with E-state index in [9.17, 15) is 24.6 Å². The Morgan fingerprint density at radius 2 is 1.56 bits per heavy atom. The summed E-state index contributed by atoms with van der Waals surface area (Å²) < 4.78 is 17.3. The number of aliphatic hydroxyl groups excluding tert-OH is 2. The number of aliphatic hydroxyl groups is 2. The van der Waals surface area contributed by atoms with E-state index in [1.807, 2.05) is 51.1 Å². The molecule has 41 heavy (non-hydrogen) atoms. The van der Waals surface area contributed by atoms with E-state index in [1.165, 1.54) is 19.9 Å². The lowest BCUT2D eigenvalue weighted by Gasteiger charge is -2.58. The maximum Gasteiger partial charge on any atom is 0.331 e. The van der Waals surface area contributed by atoms with E-state index in [1.54, 1.807) is 13.0 Å². The summed E-state index contributed by atoms with van der Waals surface area (Å²) in [6, 6.07) is 9.36. The van der Waals surface area contributed by atoms with Crippen LogP contribution in [0.3, 0.4) is 0 Å². The molecule has 0 saturated heterocycles. The van der Waals surface area contributed by atoms with Crippen LogP contribution in [0.15, 0.2) is 59.7 Å². The number of hydrogen-bond acceptors (Lipinski definition) is 8. The molecular formula is C33H42O8. The summed E-state index contributed by atoms with van der Waals surface area (Å²) >= 11 is 0. The van der Waals surface area contributed by atoms with E-state index in [4.69, 9.17) is 14.2 Å². The minimum Gasteiger partial charge on any atom is -0.458 e. The van der Waals surface area contributed by atoms with Gasteiger partial charge in [0.25, 0.3) is 0 Å². The van der Waals surface area contributed by atoms with E-state index in [0.717, 1.165) is 11.1 Å². The molecule has 0 heterocycles. The van der Waals surface area contributed by atoms with Gasteiger partial charge in [0.1, 0.15) is 18.3 Å². The number of rotatable bonds is 5. The van der Waals surface area contributed by atoms with Crippen molar-refractivity contribution < 1.29 is 38.8 Å². The summed E-state index contributed by atoms with van der Waals surface area (Å²) in [5, 5.41) is 23.6. The number of hydrogen-bond donors (Lipinski definition) is 2. The lowest BCUT2D eigenvalue weighted by Crippen LogP contribution is -2.63. The first-order chi connectivity index (χ1) is 19.2. The Hall–Kier alpha value is -3.23. The molecule has 2 N–H and O–H groups in total. The third-order valence-corrected chi connectivity index (χ3v) is 9.69. The molecule has 8 nitrogen and oxygen atoms in total. The van der Waals surface area contributed by atoms with Crippen LogP contribution in [0.2, 0.25) is 0 Å². The molecule has 222 valence electrons. The van der Waals surface area contributed by atoms with Gasteiger partial charge >= 0.3 is 17.9 Å². The number of benzene rings is 1. The molecule has 1 aromatic carbocycles. The zero-order valence-electron chi connectivity index (χ0n) is 24.8. The normalized spacial score (nSPS) is 34.7. The Labute approximate surface area is 242 Å². The fourth-order valence-corrected chi connectivity index (χ4v) is 7.33. The summed E-state index contributed by atoms with van der Waals surface area (Å²) in [5.41, 5.74) is 1.19. The molecule has 3 aliphatic rings. The maximum atomic E-state index is 12.8. The Balaban J connectivity index is 1.73. The van der Waals surface area contributed by atoms with Gasteiger partial charge in [0, 0.05) is 31.8 Å². The van der Waals surface area contributed by atoms with Crippen molar-refractivity contribution in [3.05, 3.63) is 65.3 Å². The molecule has 3 aliphatic carbocycles. The second-order valence-electron chi connectivity index (χ2n) is 12.5. The Kier molecular flexibility index (Phi) is 8.67. The first-order valence-electron chi connectivity index (χ1n) is 14.2. The number of ether oxygens (including phenoxy) is 3. The second-order valence-corrected chi connectivity index (χ2v) is 12.5. The third kappa shape index (κ3) is 5.77. The largest absolute Gasteiger partial charge is 0.458 e. The molecule has 8 heteroatoms. The fraction of sp³-hybridized carbons (Fsp3) is 0.545. The zero-order chi connectivity index (χ0) is 30.3. The van der Waals surface area contributed by atoms with Crippen molar-refractivity contribution in [1.29, 1.82) is 0 Å². The van der Waals surface area contributed by atoms with Crippen LogP contribution < -0.4 is 0 Å². The lowest BCUT2D eigenvalue weighted by atomic mass is 9.49. The highest BCUT2D eigenvalue weighted by molar-refractivity contribution is 5.87. The molecule has 0 unspecified atom stereocenters. The van der Waals surface area contributed by atoms with E-state index >= 15 is 0 Å². The van der Waals surface area contributed by atoms with Crippen LogP contribution in [0, 0.1) is 22.7 Å². The summed E-state index contributed by atoms with van der Waals surface area (Å²) in [6.07, 6.45) is -0.733. The highest BCUT2D eigenvalue weighted by Crippen LogP contribution is 2.59. The van der Waals surface area contributed by atoms with Crippen molar-refractivity contribution >= 4 is 24.0 Å². The first kappa shape index (κ1) is 30.7. The molecule has 2 bridgehead atoms. The predicted octanol–water partition coefficient (Wildman–Crippen LogP) is 4.55. The Bertz CT molecular complexity index is 1260. The van der Waals surface area contributed by atoms with E-state index in [2.05, 4.69) is 6.58 Å². The summed E-state index contributed by atoms with van der Waals surface area (Å²) in [6.45, 7) is 14.7. The van der Waals surface area contributed by atoms with Crippen molar-refractivity contribution in [3.63, 3.8) is 0 Å². The average Bonchev–Trinajstić information content (AvgIpc) is 2.89. The van der Waals surface area contributed by atoms with Gasteiger partial charge in [-0.1, -0.05) is 57.7 Å². The molecule has 1 aromatic rings. The minimum atomic E-state index is -1.31. The van der Waals surface area contributed by atoms with Crippen LogP contribution in [0.1, 0.15) is 66.4 Å². The second kappa shape index (κ2) is 11.6. The van der Waals surface area contributed by atoms with Crippen molar-refractivity contribution in [2.75, 3.05) is 0 Å². The number of carbonyl (C=O) groups is 3. The monoisotopic (exact) mass is 566 g/mol. The smallest absolute Gasteiger partial charge is 0.331 e. The topological polar surface area (TPSA) is 119 Å². The van der Waals surface area contributed by atoms with Gasteiger partial charge in [-0.05, 0) is 65.4 Å². The van der Waals surface area contributed by atoms with Crippen LogP contribution >= 0.6 is 0 Å². The van der Waals surface area contributed by atoms with E-state index in [-0.39, 0.29) is 12.3 Å². The first-order valence-corrected chi connectivity index (χ1v) is 14.2. The van der Waals surface area contributed by atoms with Gasteiger partial charge in [0.15, 0.2) is 6.10 Å². The van der Waals surface area contributed by atoms with Crippen molar-refractivity contribution in [2.45, 2.75) is 91.3 Å². The van der Waals surface area contributed by atoms with E-state index in [0.29, 0.717) is 24.0 Å². The van der Waals surface area contributed by atoms with Crippen molar-refractivity contribution in [3.8, 4) is 0 Å². The van der Waals surface area contributed by atoms with Gasteiger partial charge in [0.05, 0.1) is 6.10 Å². The third-order valence-electron chi connectivity index (χ3n) is 9.69. The predicted molar refractivity (Wildman–Crippen MR) is 153 cm³/mol. The zero-order valence-corrected chi connectivity index (χ0v) is 24.8. The molecule has 8 atom stereocenters. The molecule has 0 radical (unpaired) electrons. The summed E-state index contributed by atoms with van der Waals surface area (Å²) in [5.74, 6) is -2.13. The van der Waals surface area contributed by atoms with Gasteiger partial charge in [-0.15, -0.1) is 0 Å². The van der Waals surface area contributed by atoms with Crippen molar-refractivity contribution in [2.24, 2.45) is 22.7 Å². The number of esters is 3. The van der Waals surface area contributed by atoms with Crippen molar-refractivity contribution in [1.82, 2.24) is 0 Å². The summed E-state index contributed by atoms with van der Waals surface area (Å²) in [4.78, 5) is 37.2. The molecule has 4 rings (SSSR count). The molecule has 0 aliphatic heterocycles. The van der Waals surface area contributed by atoms with Crippen LogP contribution in [0.4, 0.5) is 0 Å². The highest BCUT2D eigenvalue weighted by Gasteiger charge is 2.61. The highest BCUT2D eigenvalue weighted by atomic mass is 16.6. The fourth-order valence-electron chi connectivity index (χ4n) is 7.33. The minimum absolute atomic E-state index is 0.0444. The van der Waals surface area contributed by atoms with Gasteiger partial charge < -0.3 is 24.4 Å². The van der Waals surface area contributed by atoms with Gasteiger partial charge in [-0.2, -0.15) is 0 Å².